The van der Waals surface area contributed by atoms with E-state index in [1.807, 2.05) is 0 Å². The molecule has 0 aliphatic carbocycles. The van der Waals surface area contributed by atoms with Gasteiger partial charge in [-0.1, -0.05) is 12.1 Å². The van der Waals surface area contributed by atoms with Crippen molar-refractivity contribution in [1.29, 1.82) is 0 Å². The zero-order chi connectivity index (χ0) is 17.8. The van der Waals surface area contributed by atoms with E-state index in [1.165, 1.54) is 0 Å². The molecule has 2 aromatic rings. The fourth-order valence-corrected chi connectivity index (χ4v) is 2.29. The number of carbonyl (C=O) groups excluding carboxylic acids is 3. The van der Waals surface area contributed by atoms with Crippen molar-refractivity contribution >= 4 is 29.1 Å². The van der Waals surface area contributed by atoms with Gasteiger partial charge in [-0.2, -0.15) is 0 Å². The number of fused-ring (bicyclic) bond motifs is 1. The SMILES string of the molecule is NC(=O)COc1ccccc1C(=O)Nc1ccc2c(c1)NC(=O)CO2. The third-order valence-corrected chi connectivity index (χ3v) is 3.37. The number of ether oxygens (including phenoxy) is 2. The van der Waals surface area contributed by atoms with Gasteiger partial charge in [-0.15, -0.1) is 0 Å². The third kappa shape index (κ3) is 3.86. The molecule has 0 fully saturated rings. The van der Waals surface area contributed by atoms with Crippen LogP contribution in [0.1, 0.15) is 10.4 Å². The van der Waals surface area contributed by atoms with E-state index in [0.717, 1.165) is 0 Å². The van der Waals surface area contributed by atoms with Crippen LogP contribution in [-0.4, -0.2) is 30.9 Å². The van der Waals surface area contributed by atoms with Gasteiger partial charge in [0.05, 0.1) is 11.3 Å². The largest absolute Gasteiger partial charge is 0.483 e. The predicted octanol–water partition coefficient (Wildman–Crippen LogP) is 1.13. The van der Waals surface area contributed by atoms with Gasteiger partial charge in [0, 0.05) is 5.69 Å². The molecule has 0 atom stereocenters. The summed E-state index contributed by atoms with van der Waals surface area (Å²) >= 11 is 0. The van der Waals surface area contributed by atoms with E-state index in [-0.39, 0.29) is 30.4 Å². The number of hydrogen-bond donors (Lipinski definition) is 3. The summed E-state index contributed by atoms with van der Waals surface area (Å²) in [5, 5.41) is 5.38. The Kier molecular flexibility index (Phi) is 4.51. The molecule has 8 heteroatoms. The number of benzene rings is 2. The Balaban J connectivity index is 1.78. The van der Waals surface area contributed by atoms with E-state index in [2.05, 4.69) is 10.6 Å². The van der Waals surface area contributed by atoms with Crippen molar-refractivity contribution in [2.24, 2.45) is 5.73 Å². The van der Waals surface area contributed by atoms with Crippen molar-refractivity contribution in [3.8, 4) is 11.5 Å². The molecule has 0 unspecified atom stereocenters. The number of rotatable bonds is 5. The predicted molar refractivity (Wildman–Crippen MR) is 89.7 cm³/mol. The number of nitrogens with one attached hydrogen (secondary N) is 2. The molecule has 2 aromatic carbocycles. The van der Waals surface area contributed by atoms with Gasteiger partial charge in [-0.05, 0) is 30.3 Å². The lowest BCUT2D eigenvalue weighted by Gasteiger charge is -2.18. The summed E-state index contributed by atoms with van der Waals surface area (Å²) in [4.78, 5) is 34.7. The van der Waals surface area contributed by atoms with Crippen LogP contribution in [0.3, 0.4) is 0 Å². The van der Waals surface area contributed by atoms with Gasteiger partial charge in [0.2, 0.25) is 0 Å². The highest BCUT2D eigenvalue weighted by Crippen LogP contribution is 2.31. The molecule has 3 rings (SSSR count). The molecule has 0 aromatic heterocycles. The highest BCUT2D eigenvalue weighted by Gasteiger charge is 2.18. The van der Waals surface area contributed by atoms with Crippen LogP contribution < -0.4 is 25.8 Å². The molecular weight excluding hydrogens is 326 g/mol. The van der Waals surface area contributed by atoms with E-state index < -0.39 is 11.8 Å². The first kappa shape index (κ1) is 16.3. The lowest BCUT2D eigenvalue weighted by atomic mass is 10.1. The van der Waals surface area contributed by atoms with Gasteiger partial charge in [-0.3, -0.25) is 14.4 Å². The Bertz CT molecular complexity index is 850. The maximum atomic E-state index is 12.5. The first-order valence-corrected chi connectivity index (χ1v) is 7.41. The second kappa shape index (κ2) is 6.91. The fraction of sp³-hybridized carbons (Fsp3) is 0.118. The van der Waals surface area contributed by atoms with Crippen LogP contribution in [-0.2, 0) is 9.59 Å². The zero-order valence-electron chi connectivity index (χ0n) is 13.1. The quantitative estimate of drug-likeness (QED) is 0.753. The van der Waals surface area contributed by atoms with Crippen molar-refractivity contribution in [2.75, 3.05) is 23.8 Å². The Hall–Kier alpha value is -3.55. The van der Waals surface area contributed by atoms with Crippen molar-refractivity contribution in [3.05, 3.63) is 48.0 Å². The van der Waals surface area contributed by atoms with Crippen molar-refractivity contribution in [2.45, 2.75) is 0 Å². The maximum Gasteiger partial charge on any atom is 0.262 e. The van der Waals surface area contributed by atoms with Crippen LogP contribution in [0.4, 0.5) is 11.4 Å². The lowest BCUT2D eigenvalue weighted by Crippen LogP contribution is -2.25. The van der Waals surface area contributed by atoms with E-state index in [0.29, 0.717) is 17.1 Å². The van der Waals surface area contributed by atoms with Gasteiger partial charge in [0.15, 0.2) is 13.2 Å². The molecular formula is C17H15N3O5. The molecule has 1 aliphatic rings. The number of hydrogen-bond acceptors (Lipinski definition) is 5. The van der Waals surface area contributed by atoms with Crippen LogP contribution in [0.25, 0.3) is 0 Å². The smallest absolute Gasteiger partial charge is 0.262 e. The first-order valence-electron chi connectivity index (χ1n) is 7.41. The molecule has 1 heterocycles. The number of primary amides is 1. The molecule has 3 amide bonds. The van der Waals surface area contributed by atoms with Crippen molar-refractivity contribution in [3.63, 3.8) is 0 Å². The Morgan fingerprint density at radius 3 is 2.84 bits per heavy atom. The fourth-order valence-electron chi connectivity index (χ4n) is 2.29. The van der Waals surface area contributed by atoms with Gasteiger partial charge >= 0.3 is 0 Å². The highest BCUT2D eigenvalue weighted by atomic mass is 16.5. The Morgan fingerprint density at radius 1 is 1.24 bits per heavy atom. The summed E-state index contributed by atoms with van der Waals surface area (Å²) in [5.41, 5.74) is 6.26. The molecule has 0 radical (unpaired) electrons. The van der Waals surface area contributed by atoms with Crippen LogP contribution >= 0.6 is 0 Å². The first-order chi connectivity index (χ1) is 12.0. The van der Waals surface area contributed by atoms with Crippen molar-refractivity contribution in [1.82, 2.24) is 0 Å². The highest BCUT2D eigenvalue weighted by molar-refractivity contribution is 6.07. The summed E-state index contributed by atoms with van der Waals surface area (Å²) in [6.45, 7) is -0.365. The minimum Gasteiger partial charge on any atom is -0.483 e. The summed E-state index contributed by atoms with van der Waals surface area (Å²) in [7, 11) is 0. The molecule has 0 spiro atoms. The molecule has 0 saturated heterocycles. The standard InChI is InChI=1S/C17H15N3O5/c18-15(21)8-24-13-4-2-1-3-11(13)17(23)19-10-5-6-14-12(7-10)20-16(22)9-25-14/h1-7H,8-9H2,(H2,18,21)(H,19,23)(H,20,22). The Morgan fingerprint density at radius 2 is 2.04 bits per heavy atom. The van der Waals surface area contributed by atoms with E-state index in [4.69, 9.17) is 15.2 Å². The summed E-state index contributed by atoms with van der Waals surface area (Å²) in [6.07, 6.45) is 0. The molecule has 8 nitrogen and oxygen atoms in total. The summed E-state index contributed by atoms with van der Waals surface area (Å²) < 4.78 is 10.5. The van der Waals surface area contributed by atoms with Crippen LogP contribution in [0.15, 0.2) is 42.5 Å². The second-order valence-electron chi connectivity index (χ2n) is 5.25. The summed E-state index contributed by atoms with van der Waals surface area (Å²) in [6, 6.07) is 11.4. The van der Waals surface area contributed by atoms with Gasteiger partial charge in [-0.25, -0.2) is 0 Å². The second-order valence-corrected chi connectivity index (χ2v) is 5.25. The van der Waals surface area contributed by atoms with E-state index in [9.17, 15) is 14.4 Å². The molecule has 0 bridgehead atoms. The maximum absolute atomic E-state index is 12.5. The van der Waals surface area contributed by atoms with Gasteiger partial charge < -0.3 is 25.8 Å². The number of anilines is 2. The zero-order valence-corrected chi connectivity index (χ0v) is 13.1. The van der Waals surface area contributed by atoms with Crippen LogP contribution in [0.2, 0.25) is 0 Å². The molecule has 1 aliphatic heterocycles. The van der Waals surface area contributed by atoms with Crippen molar-refractivity contribution < 1.29 is 23.9 Å². The minimum atomic E-state index is -0.638. The van der Waals surface area contributed by atoms with Crippen LogP contribution in [0.5, 0.6) is 11.5 Å². The monoisotopic (exact) mass is 341 g/mol. The average molecular weight is 341 g/mol. The molecule has 25 heavy (non-hydrogen) atoms. The third-order valence-electron chi connectivity index (χ3n) is 3.37. The number of amides is 3. The normalized spacial score (nSPS) is 12.4. The molecule has 128 valence electrons. The van der Waals surface area contributed by atoms with E-state index >= 15 is 0 Å². The number of carbonyl (C=O) groups is 3. The minimum absolute atomic E-state index is 0.0384. The summed E-state index contributed by atoms with van der Waals surface area (Å²) in [5.74, 6) is -0.555. The van der Waals surface area contributed by atoms with E-state index in [1.54, 1.807) is 42.5 Å². The van der Waals surface area contributed by atoms with Crippen LogP contribution in [0, 0.1) is 0 Å². The lowest BCUT2D eigenvalue weighted by molar-refractivity contribution is -0.120. The molecule has 4 N–H and O–H groups in total. The van der Waals surface area contributed by atoms with Gasteiger partial charge in [0.1, 0.15) is 11.5 Å². The Labute approximate surface area is 142 Å². The topological polar surface area (TPSA) is 120 Å². The number of para-hydroxylation sites is 1. The average Bonchev–Trinajstić information content (AvgIpc) is 2.59. The molecule has 0 saturated carbocycles. The number of nitrogens with two attached hydrogens (primary N) is 1. The van der Waals surface area contributed by atoms with Gasteiger partial charge in [0.25, 0.3) is 17.7 Å².